The summed E-state index contributed by atoms with van der Waals surface area (Å²) in [6.07, 6.45) is 13.6. The van der Waals surface area contributed by atoms with Gasteiger partial charge in [-0.05, 0) is 99.0 Å². The Morgan fingerprint density at radius 1 is 0.680 bits per heavy atom. The van der Waals surface area contributed by atoms with Gasteiger partial charge < -0.3 is 0 Å². The van der Waals surface area contributed by atoms with Gasteiger partial charge >= 0.3 is 0 Å². The second kappa shape index (κ2) is 14.1. The van der Waals surface area contributed by atoms with Crippen molar-refractivity contribution in [3.8, 4) is 33.5 Å². The highest BCUT2D eigenvalue weighted by molar-refractivity contribution is 7.26. The minimum absolute atomic E-state index is 0.847. The summed E-state index contributed by atoms with van der Waals surface area (Å²) in [7, 11) is 0. The van der Waals surface area contributed by atoms with E-state index in [0.717, 1.165) is 23.3 Å². The van der Waals surface area contributed by atoms with E-state index in [9.17, 15) is 0 Å². The highest BCUT2D eigenvalue weighted by Crippen LogP contribution is 2.41. The lowest BCUT2D eigenvalue weighted by atomic mass is 9.96. The zero-order valence-corrected chi connectivity index (χ0v) is 29.5. The van der Waals surface area contributed by atoms with Gasteiger partial charge in [0.15, 0.2) is 0 Å². The molecule has 0 bridgehead atoms. The van der Waals surface area contributed by atoms with Gasteiger partial charge in [0, 0.05) is 36.6 Å². The van der Waals surface area contributed by atoms with Crippen LogP contribution in [-0.4, -0.2) is 4.98 Å². The van der Waals surface area contributed by atoms with E-state index in [0.29, 0.717) is 0 Å². The fraction of sp³-hybridized carbons (Fsp3) is 0.0426. The minimum atomic E-state index is 0.847. The van der Waals surface area contributed by atoms with Crippen LogP contribution in [0.2, 0.25) is 0 Å². The van der Waals surface area contributed by atoms with E-state index in [1.807, 2.05) is 23.6 Å². The molecule has 0 radical (unpaired) electrons. The van der Waals surface area contributed by atoms with E-state index in [-0.39, 0.29) is 0 Å². The smallest absolute Gasteiger partial charge is 0.0716 e. The summed E-state index contributed by atoms with van der Waals surface area (Å²) in [5.41, 5.74) is 11.7. The normalized spacial score (nSPS) is 12.2. The first kappa shape index (κ1) is 31.6. The lowest BCUT2D eigenvalue weighted by Crippen LogP contribution is -1.86. The molecule has 8 rings (SSSR count). The predicted octanol–water partition coefficient (Wildman–Crippen LogP) is 14.0. The van der Waals surface area contributed by atoms with Crippen molar-refractivity contribution >= 4 is 59.0 Å². The number of allylic oxidation sites excluding steroid dienone is 6. The van der Waals surface area contributed by atoms with Crippen molar-refractivity contribution in [2.45, 2.75) is 13.3 Å². The number of benzene rings is 5. The van der Waals surface area contributed by atoms with Crippen molar-refractivity contribution in [2.75, 3.05) is 0 Å². The van der Waals surface area contributed by atoms with Crippen molar-refractivity contribution < 1.29 is 0 Å². The predicted molar refractivity (Wildman–Crippen MR) is 220 cm³/mol. The summed E-state index contributed by atoms with van der Waals surface area (Å²) in [6, 6.07) is 45.9. The Balaban J connectivity index is 0.996. The van der Waals surface area contributed by atoms with Crippen LogP contribution in [0.1, 0.15) is 18.1 Å². The summed E-state index contributed by atoms with van der Waals surface area (Å²) in [4.78, 5) is 4.63. The molecule has 0 aliphatic carbocycles. The molecule has 8 aromatic rings. The third kappa shape index (κ3) is 6.42. The molecule has 3 aromatic heterocycles. The van der Waals surface area contributed by atoms with Crippen LogP contribution in [0.4, 0.5) is 0 Å². The molecule has 0 aliphatic heterocycles. The highest BCUT2D eigenvalue weighted by Gasteiger charge is 2.12. The van der Waals surface area contributed by atoms with Crippen LogP contribution in [0.15, 0.2) is 181 Å². The van der Waals surface area contributed by atoms with E-state index in [2.05, 4.69) is 176 Å². The summed E-state index contributed by atoms with van der Waals surface area (Å²) in [6.45, 7) is 6.43. The number of pyridine rings is 1. The van der Waals surface area contributed by atoms with Gasteiger partial charge in [-0.2, -0.15) is 0 Å². The Morgan fingerprint density at radius 3 is 2.28 bits per heavy atom. The van der Waals surface area contributed by atoms with Crippen molar-refractivity contribution in [2.24, 2.45) is 0 Å². The van der Waals surface area contributed by atoms with Crippen molar-refractivity contribution in [1.29, 1.82) is 0 Å². The second-order valence-electron chi connectivity index (χ2n) is 12.4. The molecule has 1 nitrogen and oxygen atoms in total. The van der Waals surface area contributed by atoms with Crippen molar-refractivity contribution in [3.05, 3.63) is 192 Å². The third-order valence-corrected chi connectivity index (χ3v) is 11.4. The molecule has 0 aliphatic rings. The SMILES string of the molecule is C=C(/C=C\c1csc2ccccc12)C(/C=C\Cc1cccc(-c2cccc(-c3ccc4c(c3)sc3c(-c5ccccn5)cccc34)c2)c1)=C/C. The van der Waals surface area contributed by atoms with Crippen LogP contribution in [0, 0.1) is 0 Å². The average molecular weight is 678 g/mol. The van der Waals surface area contributed by atoms with E-state index >= 15 is 0 Å². The molecule has 3 heterocycles. The average Bonchev–Trinajstić information content (AvgIpc) is 3.77. The van der Waals surface area contributed by atoms with E-state index in [1.165, 1.54) is 69.2 Å². The van der Waals surface area contributed by atoms with Gasteiger partial charge in [-0.25, -0.2) is 0 Å². The molecule has 0 saturated heterocycles. The van der Waals surface area contributed by atoms with Crippen LogP contribution in [-0.2, 0) is 6.42 Å². The lowest BCUT2D eigenvalue weighted by Gasteiger charge is -2.08. The summed E-state index contributed by atoms with van der Waals surface area (Å²) >= 11 is 3.63. The Kier molecular flexibility index (Phi) is 8.92. The monoisotopic (exact) mass is 677 g/mol. The molecule has 5 aromatic carbocycles. The molecular formula is C47H35NS2. The topological polar surface area (TPSA) is 12.9 Å². The number of thiophene rings is 2. The summed E-state index contributed by atoms with van der Waals surface area (Å²) < 4.78 is 3.88. The Hall–Kier alpha value is -5.61. The lowest BCUT2D eigenvalue weighted by molar-refractivity contribution is 1.26. The molecule has 3 heteroatoms. The number of rotatable bonds is 9. The Morgan fingerprint density at radius 2 is 1.44 bits per heavy atom. The zero-order chi connectivity index (χ0) is 33.9. The largest absolute Gasteiger partial charge is 0.256 e. The maximum atomic E-state index is 4.63. The van der Waals surface area contributed by atoms with Crippen LogP contribution >= 0.6 is 22.7 Å². The van der Waals surface area contributed by atoms with E-state index < -0.39 is 0 Å². The van der Waals surface area contributed by atoms with Crippen LogP contribution in [0.3, 0.4) is 0 Å². The van der Waals surface area contributed by atoms with Crippen LogP contribution in [0.25, 0.3) is 69.8 Å². The van der Waals surface area contributed by atoms with E-state index in [4.69, 9.17) is 0 Å². The van der Waals surface area contributed by atoms with Crippen molar-refractivity contribution in [3.63, 3.8) is 0 Å². The molecule has 0 fully saturated rings. The first-order valence-electron chi connectivity index (χ1n) is 16.9. The van der Waals surface area contributed by atoms with Gasteiger partial charge in [0.1, 0.15) is 0 Å². The van der Waals surface area contributed by atoms with Gasteiger partial charge in [0.2, 0.25) is 0 Å². The number of hydrogen-bond donors (Lipinski definition) is 0. The first-order chi connectivity index (χ1) is 24.6. The van der Waals surface area contributed by atoms with Crippen molar-refractivity contribution in [1.82, 2.24) is 4.98 Å². The zero-order valence-electron chi connectivity index (χ0n) is 27.8. The fourth-order valence-electron chi connectivity index (χ4n) is 6.58. The highest BCUT2D eigenvalue weighted by atomic mass is 32.1. The molecule has 0 atom stereocenters. The third-order valence-electron chi connectivity index (χ3n) is 9.20. The quantitative estimate of drug-likeness (QED) is 0.139. The second-order valence-corrected chi connectivity index (χ2v) is 14.4. The van der Waals surface area contributed by atoms with E-state index in [1.54, 1.807) is 11.3 Å². The molecule has 50 heavy (non-hydrogen) atoms. The maximum absolute atomic E-state index is 4.63. The summed E-state index contributed by atoms with van der Waals surface area (Å²) in [5, 5.41) is 6.08. The molecule has 0 spiro atoms. The van der Waals surface area contributed by atoms with Crippen LogP contribution in [0.5, 0.6) is 0 Å². The van der Waals surface area contributed by atoms with Gasteiger partial charge in [-0.3, -0.25) is 4.98 Å². The standard InChI is InChI=1S/C47H35NS2/c1-3-34(32(2)23-24-39-31-49-45-22-5-4-18-40(39)45)14-8-12-33-13-9-15-35(28-33)36-16-10-17-37(29-36)38-25-26-41-42-19-11-20-43(44-21-6-7-27-48-44)47(42)50-46(41)30-38/h3-11,13-31H,2,12H2,1H3/b14-8-,24-23-,34-3+. The molecule has 0 amide bonds. The number of nitrogens with zero attached hydrogens (tertiary/aromatic N) is 1. The van der Waals surface area contributed by atoms with Gasteiger partial charge in [-0.1, -0.05) is 134 Å². The Bertz CT molecular complexity index is 2590. The van der Waals surface area contributed by atoms with Gasteiger partial charge in [0.05, 0.1) is 5.69 Å². The summed E-state index contributed by atoms with van der Waals surface area (Å²) in [5.74, 6) is 0. The number of fused-ring (bicyclic) bond motifs is 4. The molecule has 0 N–H and O–H groups in total. The minimum Gasteiger partial charge on any atom is -0.256 e. The maximum Gasteiger partial charge on any atom is 0.0716 e. The molecule has 0 saturated carbocycles. The number of hydrogen-bond acceptors (Lipinski definition) is 3. The Labute approximate surface area is 301 Å². The van der Waals surface area contributed by atoms with Crippen LogP contribution < -0.4 is 0 Å². The molecular weight excluding hydrogens is 643 g/mol. The number of aromatic nitrogens is 1. The first-order valence-corrected chi connectivity index (χ1v) is 18.6. The van der Waals surface area contributed by atoms with Gasteiger partial charge in [-0.15, -0.1) is 22.7 Å². The molecule has 240 valence electrons. The fourth-order valence-corrected chi connectivity index (χ4v) is 8.78. The van der Waals surface area contributed by atoms with Gasteiger partial charge in [0.25, 0.3) is 0 Å². The molecule has 0 unspecified atom stereocenters.